The summed E-state index contributed by atoms with van der Waals surface area (Å²) in [4.78, 5) is 25.9. The number of aliphatic carboxylic acids is 1. The Bertz CT molecular complexity index is 671. The summed E-state index contributed by atoms with van der Waals surface area (Å²) in [7, 11) is 0. The Hall–Kier alpha value is -2.36. The number of carboxylic acid groups (broad SMARTS) is 1. The summed E-state index contributed by atoms with van der Waals surface area (Å²) < 4.78 is 0. The van der Waals surface area contributed by atoms with Gasteiger partial charge in [-0.15, -0.1) is 0 Å². The summed E-state index contributed by atoms with van der Waals surface area (Å²) in [6, 6.07) is 7.62. The zero-order chi connectivity index (χ0) is 17.1. The smallest absolute Gasteiger partial charge is 0.332 e. The number of carbonyl (C=O) groups excluding carboxylic acids is 1. The predicted octanol–water partition coefficient (Wildman–Crippen LogP) is 3.28. The van der Waals surface area contributed by atoms with Gasteiger partial charge in [-0.05, 0) is 43.2 Å². The van der Waals surface area contributed by atoms with Crippen molar-refractivity contribution in [3.05, 3.63) is 53.1 Å². The van der Waals surface area contributed by atoms with Crippen molar-refractivity contribution < 1.29 is 14.7 Å². The van der Waals surface area contributed by atoms with E-state index in [9.17, 15) is 14.7 Å². The second kappa shape index (κ2) is 7.04. The van der Waals surface area contributed by atoms with Gasteiger partial charge in [-0.2, -0.15) is 0 Å². The Balaban J connectivity index is 1.68. The average Bonchev–Trinajstić information content (AvgIpc) is 3.00. The quantitative estimate of drug-likeness (QED) is 0.683. The van der Waals surface area contributed by atoms with Crippen LogP contribution in [0.5, 0.6) is 0 Å². The van der Waals surface area contributed by atoms with Crippen LogP contribution in [-0.4, -0.2) is 35.0 Å². The van der Waals surface area contributed by atoms with Crippen molar-refractivity contribution in [2.45, 2.75) is 26.2 Å². The molecular formula is C20H23NO3. The molecule has 1 saturated heterocycles. The number of hydrogen-bond acceptors (Lipinski definition) is 2. The number of benzene rings is 1. The van der Waals surface area contributed by atoms with Gasteiger partial charge in [0.1, 0.15) is 0 Å². The van der Waals surface area contributed by atoms with Crippen LogP contribution < -0.4 is 0 Å². The predicted molar refractivity (Wildman–Crippen MR) is 93.3 cm³/mol. The molecule has 2 atom stereocenters. The van der Waals surface area contributed by atoms with Crippen LogP contribution >= 0.6 is 0 Å². The standard InChI is InChI=1S/C20H23NO3/c1-14-6-8-15(9-7-14)10-18(20(23)24)11-19(22)21-12-16-4-2-3-5-17(16)13-21/h2-3,6-10,16-17H,4-5,11-13H2,1H3,(H,23,24)/t16-,17+. The van der Waals surface area contributed by atoms with Gasteiger partial charge in [0.2, 0.25) is 5.91 Å². The van der Waals surface area contributed by atoms with Crippen molar-refractivity contribution in [1.29, 1.82) is 0 Å². The number of allylic oxidation sites excluding steroid dienone is 2. The minimum atomic E-state index is -1.03. The third-order valence-electron chi connectivity index (χ3n) is 5.01. The minimum absolute atomic E-state index is 0.0456. The van der Waals surface area contributed by atoms with Crippen molar-refractivity contribution in [3.63, 3.8) is 0 Å². The Morgan fingerprint density at radius 2 is 1.71 bits per heavy atom. The zero-order valence-electron chi connectivity index (χ0n) is 13.9. The van der Waals surface area contributed by atoms with Crippen LogP contribution in [-0.2, 0) is 9.59 Å². The highest BCUT2D eigenvalue weighted by atomic mass is 16.4. The molecule has 0 aromatic heterocycles. The number of carboxylic acids is 1. The van der Waals surface area contributed by atoms with E-state index in [-0.39, 0.29) is 17.9 Å². The first kappa shape index (κ1) is 16.5. The molecule has 1 fully saturated rings. The molecule has 3 rings (SSSR count). The molecule has 0 saturated carbocycles. The molecule has 4 nitrogen and oxygen atoms in total. The van der Waals surface area contributed by atoms with Gasteiger partial charge in [-0.1, -0.05) is 42.0 Å². The minimum Gasteiger partial charge on any atom is -0.478 e. The third-order valence-corrected chi connectivity index (χ3v) is 5.01. The van der Waals surface area contributed by atoms with Crippen molar-refractivity contribution in [3.8, 4) is 0 Å². The van der Waals surface area contributed by atoms with Crippen LogP contribution in [0.2, 0.25) is 0 Å². The Kier molecular flexibility index (Phi) is 4.84. The highest BCUT2D eigenvalue weighted by Gasteiger charge is 2.35. The number of amides is 1. The molecule has 1 aromatic rings. The molecule has 0 radical (unpaired) electrons. The van der Waals surface area contributed by atoms with Crippen molar-refractivity contribution in [1.82, 2.24) is 4.90 Å². The maximum atomic E-state index is 12.5. The van der Waals surface area contributed by atoms with Gasteiger partial charge >= 0.3 is 5.97 Å². The molecule has 4 heteroatoms. The molecule has 126 valence electrons. The van der Waals surface area contributed by atoms with E-state index in [4.69, 9.17) is 0 Å². The van der Waals surface area contributed by atoms with E-state index in [0.29, 0.717) is 11.8 Å². The molecule has 1 N–H and O–H groups in total. The molecule has 0 spiro atoms. The molecule has 1 amide bonds. The zero-order valence-corrected chi connectivity index (χ0v) is 13.9. The third kappa shape index (κ3) is 3.75. The average molecular weight is 325 g/mol. The van der Waals surface area contributed by atoms with Gasteiger partial charge in [0, 0.05) is 18.7 Å². The van der Waals surface area contributed by atoms with Crippen LogP contribution in [0, 0.1) is 18.8 Å². The molecule has 24 heavy (non-hydrogen) atoms. The van der Waals surface area contributed by atoms with Crippen molar-refractivity contribution in [2.24, 2.45) is 11.8 Å². The van der Waals surface area contributed by atoms with Gasteiger partial charge in [-0.3, -0.25) is 4.79 Å². The lowest BCUT2D eigenvalue weighted by Gasteiger charge is -2.17. The summed E-state index contributed by atoms with van der Waals surface area (Å²) in [6.07, 6.45) is 7.99. The fourth-order valence-electron chi connectivity index (χ4n) is 3.55. The molecule has 0 unspecified atom stereocenters. The second-order valence-corrected chi connectivity index (χ2v) is 6.82. The molecule has 1 aliphatic heterocycles. The van der Waals surface area contributed by atoms with E-state index in [1.165, 1.54) is 0 Å². The van der Waals surface area contributed by atoms with Gasteiger partial charge < -0.3 is 10.0 Å². The summed E-state index contributed by atoms with van der Waals surface area (Å²) >= 11 is 0. The largest absolute Gasteiger partial charge is 0.478 e. The number of carbonyl (C=O) groups is 2. The number of likely N-dealkylation sites (tertiary alicyclic amines) is 1. The first-order valence-corrected chi connectivity index (χ1v) is 8.46. The SMILES string of the molecule is Cc1ccc(C=C(CC(=O)N2C[C@H]3CC=CC[C@H]3C2)C(=O)O)cc1. The van der Waals surface area contributed by atoms with Gasteiger partial charge in [0.15, 0.2) is 0 Å². The van der Waals surface area contributed by atoms with Crippen molar-refractivity contribution >= 4 is 18.0 Å². The fourth-order valence-corrected chi connectivity index (χ4v) is 3.55. The number of nitrogens with zero attached hydrogens (tertiary/aromatic N) is 1. The molecule has 2 aliphatic rings. The Morgan fingerprint density at radius 1 is 1.12 bits per heavy atom. The Labute approximate surface area is 142 Å². The molecule has 0 bridgehead atoms. The lowest BCUT2D eigenvalue weighted by atomic mass is 9.86. The highest BCUT2D eigenvalue weighted by Crippen LogP contribution is 2.33. The molecule has 1 aromatic carbocycles. The van der Waals surface area contributed by atoms with Crippen LogP contribution in [0.1, 0.15) is 30.4 Å². The highest BCUT2D eigenvalue weighted by molar-refractivity contribution is 5.98. The van der Waals surface area contributed by atoms with Gasteiger partial charge in [-0.25, -0.2) is 4.79 Å². The van der Waals surface area contributed by atoms with Gasteiger partial charge in [0.05, 0.1) is 6.42 Å². The van der Waals surface area contributed by atoms with E-state index < -0.39 is 5.97 Å². The topological polar surface area (TPSA) is 57.6 Å². The number of hydrogen-bond donors (Lipinski definition) is 1. The Morgan fingerprint density at radius 3 is 2.25 bits per heavy atom. The fraction of sp³-hybridized carbons (Fsp3) is 0.400. The van der Waals surface area contributed by atoms with E-state index in [1.54, 1.807) is 6.08 Å². The summed E-state index contributed by atoms with van der Waals surface area (Å²) in [5.74, 6) is -0.0334. The normalized spacial score (nSPS) is 23.2. The maximum Gasteiger partial charge on any atom is 0.332 e. The van der Waals surface area contributed by atoms with Crippen molar-refractivity contribution in [2.75, 3.05) is 13.1 Å². The van der Waals surface area contributed by atoms with Crippen LogP contribution in [0.15, 0.2) is 42.0 Å². The molecular weight excluding hydrogens is 302 g/mol. The monoisotopic (exact) mass is 325 g/mol. The van der Waals surface area contributed by atoms with E-state index >= 15 is 0 Å². The molecule has 1 aliphatic carbocycles. The molecule has 1 heterocycles. The second-order valence-electron chi connectivity index (χ2n) is 6.82. The van der Waals surface area contributed by atoms with Crippen LogP contribution in [0.25, 0.3) is 6.08 Å². The number of fused-ring (bicyclic) bond motifs is 1. The summed E-state index contributed by atoms with van der Waals surface area (Å²) in [5, 5.41) is 9.44. The van der Waals surface area contributed by atoms with E-state index in [0.717, 1.165) is 37.1 Å². The lowest BCUT2D eigenvalue weighted by Crippen LogP contribution is -2.29. The first-order chi connectivity index (χ1) is 11.5. The van der Waals surface area contributed by atoms with E-state index in [2.05, 4.69) is 12.2 Å². The van der Waals surface area contributed by atoms with Gasteiger partial charge in [0.25, 0.3) is 0 Å². The first-order valence-electron chi connectivity index (χ1n) is 8.46. The van der Waals surface area contributed by atoms with Crippen LogP contribution in [0.3, 0.4) is 0 Å². The maximum absolute atomic E-state index is 12.5. The number of aryl methyl sites for hydroxylation is 1. The summed E-state index contributed by atoms with van der Waals surface area (Å²) in [6.45, 7) is 3.49. The number of rotatable bonds is 4. The lowest BCUT2D eigenvalue weighted by molar-refractivity contribution is -0.136. The van der Waals surface area contributed by atoms with E-state index in [1.807, 2.05) is 36.1 Å². The van der Waals surface area contributed by atoms with Crippen LogP contribution in [0.4, 0.5) is 0 Å². The summed E-state index contributed by atoms with van der Waals surface area (Å²) in [5.41, 5.74) is 2.08.